The summed E-state index contributed by atoms with van der Waals surface area (Å²) in [7, 11) is 1.51. The number of methoxy groups -OCH3 is 1. The summed E-state index contributed by atoms with van der Waals surface area (Å²) in [6, 6.07) is 13.0. The molecule has 0 bridgehead atoms. The number of hydrogen-bond acceptors (Lipinski definition) is 4. The van der Waals surface area contributed by atoms with Gasteiger partial charge in [-0.1, -0.05) is 18.2 Å². The number of para-hydroxylation sites is 2. The van der Waals surface area contributed by atoms with E-state index >= 15 is 0 Å². The first-order chi connectivity index (χ1) is 11.0. The Hall–Kier alpha value is -2.09. The van der Waals surface area contributed by atoms with Crippen LogP contribution in [-0.2, 0) is 4.79 Å². The number of nitrogens with zero attached hydrogens (tertiary/aromatic N) is 1. The lowest BCUT2D eigenvalue weighted by atomic mass is 10.2. The Kier molecular flexibility index (Phi) is 5.97. The van der Waals surface area contributed by atoms with Crippen LogP contribution < -0.4 is 9.47 Å². The van der Waals surface area contributed by atoms with Gasteiger partial charge in [-0.05, 0) is 53.8 Å². The molecule has 2 rings (SSSR count). The minimum absolute atomic E-state index is 0.361. The molecule has 0 amide bonds. The molecule has 0 aromatic heterocycles. The lowest BCUT2D eigenvalue weighted by molar-refractivity contribution is -0.144. The number of aliphatic carboxylic acids is 1. The summed E-state index contributed by atoms with van der Waals surface area (Å²) in [5.41, 5.74) is 1.48. The minimum Gasteiger partial charge on any atom is -0.493 e. The molecular weight excluding hydrogens is 409 g/mol. The quantitative estimate of drug-likeness (QED) is 0.563. The molecule has 23 heavy (non-hydrogen) atoms. The van der Waals surface area contributed by atoms with Gasteiger partial charge < -0.3 is 14.6 Å². The molecule has 5 nitrogen and oxygen atoms in total. The Labute approximate surface area is 148 Å². The van der Waals surface area contributed by atoms with Crippen LogP contribution in [-0.4, -0.2) is 30.5 Å². The third-order valence-corrected chi connectivity index (χ3v) is 3.98. The standard InChI is InChI=1S/C17H16INO4/c1-11(17(20)21)23-16-12(6-5-9-15(16)22-2)10-19-14-8-4-3-7-13(14)18/h3-11H,1-2H3,(H,20,21)/t11-/m0/s1. The molecule has 0 heterocycles. The molecule has 2 aromatic rings. The van der Waals surface area contributed by atoms with Crippen LogP contribution in [0.25, 0.3) is 0 Å². The van der Waals surface area contributed by atoms with Crippen LogP contribution in [0.15, 0.2) is 47.5 Å². The molecule has 0 radical (unpaired) electrons. The molecule has 1 atom stereocenters. The maximum absolute atomic E-state index is 11.0. The fourth-order valence-corrected chi connectivity index (χ4v) is 2.37. The molecule has 0 aliphatic rings. The number of rotatable bonds is 6. The van der Waals surface area contributed by atoms with Gasteiger partial charge in [-0.3, -0.25) is 4.99 Å². The van der Waals surface area contributed by atoms with Gasteiger partial charge in [0.25, 0.3) is 0 Å². The second kappa shape index (κ2) is 7.96. The van der Waals surface area contributed by atoms with Crippen LogP contribution in [0.1, 0.15) is 12.5 Å². The normalized spacial score (nSPS) is 12.1. The number of carbonyl (C=O) groups is 1. The van der Waals surface area contributed by atoms with Gasteiger partial charge in [-0.2, -0.15) is 0 Å². The summed E-state index contributed by atoms with van der Waals surface area (Å²) in [6.45, 7) is 1.47. The predicted octanol–water partition coefficient (Wildman–Crippen LogP) is 3.90. The predicted molar refractivity (Wildman–Crippen MR) is 97.1 cm³/mol. The summed E-state index contributed by atoms with van der Waals surface area (Å²) in [6.07, 6.45) is 0.652. The molecule has 0 aliphatic heterocycles. The fraction of sp³-hybridized carbons (Fsp3) is 0.176. The van der Waals surface area contributed by atoms with Gasteiger partial charge in [-0.15, -0.1) is 0 Å². The second-order valence-corrected chi connectivity index (χ2v) is 5.85. The molecule has 0 aliphatic carbocycles. The number of aliphatic imine (C=N–C) groups is 1. The number of benzene rings is 2. The fourth-order valence-electron chi connectivity index (χ4n) is 1.84. The van der Waals surface area contributed by atoms with Gasteiger partial charge in [0.2, 0.25) is 0 Å². The van der Waals surface area contributed by atoms with E-state index in [1.807, 2.05) is 24.3 Å². The SMILES string of the molecule is COc1cccc(C=Nc2ccccc2I)c1O[C@@H](C)C(=O)O. The van der Waals surface area contributed by atoms with Crippen molar-refractivity contribution in [3.63, 3.8) is 0 Å². The summed E-state index contributed by atoms with van der Waals surface area (Å²) >= 11 is 2.21. The van der Waals surface area contributed by atoms with Crippen LogP contribution >= 0.6 is 22.6 Å². The van der Waals surface area contributed by atoms with E-state index in [2.05, 4.69) is 27.6 Å². The first-order valence-electron chi connectivity index (χ1n) is 6.88. The van der Waals surface area contributed by atoms with Gasteiger partial charge in [0.1, 0.15) is 0 Å². The van der Waals surface area contributed by atoms with Crippen LogP contribution in [0.2, 0.25) is 0 Å². The number of halogens is 1. The molecule has 0 saturated carbocycles. The molecule has 0 unspecified atom stereocenters. The molecular formula is C17H16INO4. The van der Waals surface area contributed by atoms with E-state index in [-0.39, 0.29) is 0 Å². The van der Waals surface area contributed by atoms with Gasteiger partial charge in [-0.25, -0.2) is 4.79 Å². The van der Waals surface area contributed by atoms with E-state index in [0.717, 1.165) is 9.26 Å². The number of ether oxygens (including phenoxy) is 2. The van der Waals surface area contributed by atoms with Crippen molar-refractivity contribution in [2.45, 2.75) is 13.0 Å². The Morgan fingerprint density at radius 1 is 1.26 bits per heavy atom. The number of carboxylic acid groups (broad SMARTS) is 1. The van der Waals surface area contributed by atoms with Crippen molar-refractivity contribution >= 4 is 40.5 Å². The van der Waals surface area contributed by atoms with Crippen LogP contribution in [0.5, 0.6) is 11.5 Å². The summed E-state index contributed by atoms with van der Waals surface area (Å²) in [4.78, 5) is 15.5. The zero-order valence-electron chi connectivity index (χ0n) is 12.7. The van der Waals surface area contributed by atoms with E-state index in [0.29, 0.717) is 17.1 Å². The van der Waals surface area contributed by atoms with Crippen molar-refractivity contribution < 1.29 is 19.4 Å². The molecule has 0 fully saturated rings. The van der Waals surface area contributed by atoms with Crippen LogP contribution in [0, 0.1) is 3.57 Å². The summed E-state index contributed by atoms with van der Waals surface area (Å²) < 4.78 is 11.8. The van der Waals surface area contributed by atoms with Crippen molar-refractivity contribution in [1.29, 1.82) is 0 Å². The Balaban J connectivity index is 2.38. The van der Waals surface area contributed by atoms with E-state index in [4.69, 9.17) is 14.6 Å². The topological polar surface area (TPSA) is 68.1 Å². The average molecular weight is 425 g/mol. The summed E-state index contributed by atoms with van der Waals surface area (Å²) in [5, 5.41) is 9.04. The van der Waals surface area contributed by atoms with E-state index in [1.165, 1.54) is 14.0 Å². The van der Waals surface area contributed by atoms with Gasteiger partial charge in [0.05, 0.1) is 12.8 Å². The zero-order chi connectivity index (χ0) is 16.8. The highest BCUT2D eigenvalue weighted by Gasteiger charge is 2.17. The number of hydrogen-bond donors (Lipinski definition) is 1. The maximum atomic E-state index is 11.0. The highest BCUT2D eigenvalue weighted by atomic mass is 127. The van der Waals surface area contributed by atoms with Gasteiger partial charge in [0, 0.05) is 15.3 Å². The summed E-state index contributed by atoms with van der Waals surface area (Å²) in [5.74, 6) is -0.221. The highest BCUT2D eigenvalue weighted by molar-refractivity contribution is 14.1. The first-order valence-corrected chi connectivity index (χ1v) is 7.96. The van der Waals surface area contributed by atoms with E-state index < -0.39 is 12.1 Å². The monoisotopic (exact) mass is 425 g/mol. The smallest absolute Gasteiger partial charge is 0.344 e. The Bertz CT molecular complexity index is 730. The lowest BCUT2D eigenvalue weighted by Gasteiger charge is -2.15. The van der Waals surface area contributed by atoms with Crippen molar-refractivity contribution in [2.75, 3.05) is 7.11 Å². The molecule has 2 aromatic carbocycles. The molecule has 0 saturated heterocycles. The van der Waals surface area contributed by atoms with Crippen LogP contribution in [0.3, 0.4) is 0 Å². The third kappa shape index (κ3) is 4.44. The van der Waals surface area contributed by atoms with Crippen molar-refractivity contribution in [3.05, 3.63) is 51.6 Å². The van der Waals surface area contributed by atoms with E-state index in [9.17, 15) is 4.79 Å². The van der Waals surface area contributed by atoms with Crippen molar-refractivity contribution in [1.82, 2.24) is 0 Å². The zero-order valence-corrected chi connectivity index (χ0v) is 14.9. The Morgan fingerprint density at radius 3 is 2.65 bits per heavy atom. The maximum Gasteiger partial charge on any atom is 0.344 e. The minimum atomic E-state index is -1.04. The molecule has 120 valence electrons. The molecule has 1 N–H and O–H groups in total. The van der Waals surface area contributed by atoms with E-state index in [1.54, 1.807) is 24.4 Å². The first kappa shape index (κ1) is 17.3. The molecule has 6 heteroatoms. The Morgan fingerprint density at radius 2 is 2.00 bits per heavy atom. The molecule has 0 spiro atoms. The highest BCUT2D eigenvalue weighted by Crippen LogP contribution is 2.31. The average Bonchev–Trinajstić information content (AvgIpc) is 2.54. The van der Waals surface area contributed by atoms with Crippen molar-refractivity contribution in [3.8, 4) is 11.5 Å². The number of carboxylic acids is 1. The van der Waals surface area contributed by atoms with Gasteiger partial charge >= 0.3 is 5.97 Å². The largest absolute Gasteiger partial charge is 0.493 e. The van der Waals surface area contributed by atoms with Crippen LogP contribution in [0.4, 0.5) is 5.69 Å². The third-order valence-electron chi connectivity index (χ3n) is 3.07. The second-order valence-electron chi connectivity index (χ2n) is 4.69. The lowest BCUT2D eigenvalue weighted by Crippen LogP contribution is -2.23. The van der Waals surface area contributed by atoms with Crippen molar-refractivity contribution in [2.24, 2.45) is 4.99 Å². The van der Waals surface area contributed by atoms with Gasteiger partial charge in [0.15, 0.2) is 17.6 Å².